The molecule has 1 aliphatic carbocycles. The lowest BCUT2D eigenvalue weighted by molar-refractivity contribution is 0.979. The van der Waals surface area contributed by atoms with Crippen molar-refractivity contribution in [3.8, 4) is 16.8 Å². The predicted octanol–water partition coefficient (Wildman–Crippen LogP) is 15.6. The number of hydrogen-bond acceptors (Lipinski definition) is 2. The van der Waals surface area contributed by atoms with Crippen molar-refractivity contribution in [2.24, 2.45) is 0 Å². The normalized spacial score (nSPS) is 13.0. The topological polar surface area (TPSA) is 16.3 Å². The summed E-state index contributed by atoms with van der Waals surface area (Å²) in [5.41, 5.74) is 15.9. The molecule has 290 valence electrons. The minimum absolute atomic E-state index is 0.817. The van der Waals surface area contributed by atoms with Crippen LogP contribution in [0.15, 0.2) is 219 Å². The van der Waals surface area contributed by atoms with Crippen LogP contribution in [-0.4, -0.2) is 9.13 Å². The zero-order valence-electron chi connectivity index (χ0n) is 34.1. The number of aromatic nitrogens is 2. The highest BCUT2D eigenvalue weighted by Gasteiger charge is 2.20. The number of allylic oxidation sites excluding steroid dienone is 7. The summed E-state index contributed by atoms with van der Waals surface area (Å²) in [6.07, 6.45) is 12.7. The summed E-state index contributed by atoms with van der Waals surface area (Å²) in [6, 6.07) is 59.3. The van der Waals surface area contributed by atoms with Crippen LogP contribution in [0.5, 0.6) is 0 Å². The number of para-hydroxylation sites is 3. The molecule has 0 N–H and O–H groups in total. The molecule has 0 radical (unpaired) electrons. The van der Waals surface area contributed by atoms with Crippen LogP contribution in [0.2, 0.25) is 0 Å². The molecule has 4 nitrogen and oxygen atoms in total. The smallest absolute Gasteiger partial charge is 0.0542 e. The van der Waals surface area contributed by atoms with Gasteiger partial charge in [-0.2, -0.15) is 0 Å². The summed E-state index contributed by atoms with van der Waals surface area (Å²) in [5.74, 6) is 0. The molecular formula is C56H46N4. The first-order chi connectivity index (χ1) is 29.5. The van der Waals surface area contributed by atoms with Crippen molar-refractivity contribution in [2.45, 2.75) is 26.7 Å². The minimum atomic E-state index is 0.817. The molecule has 0 saturated carbocycles. The van der Waals surface area contributed by atoms with Crippen LogP contribution in [0.1, 0.15) is 26.7 Å². The second kappa shape index (κ2) is 15.3. The maximum absolute atomic E-state index is 4.42. The maximum Gasteiger partial charge on any atom is 0.0542 e. The van der Waals surface area contributed by atoms with E-state index >= 15 is 0 Å². The van der Waals surface area contributed by atoms with E-state index in [4.69, 9.17) is 0 Å². The Labute approximate surface area is 351 Å². The Morgan fingerprint density at radius 2 is 1.05 bits per heavy atom. The Morgan fingerprint density at radius 1 is 0.550 bits per heavy atom. The Morgan fingerprint density at radius 3 is 1.62 bits per heavy atom. The minimum Gasteiger partial charge on any atom is -0.315 e. The van der Waals surface area contributed by atoms with Crippen LogP contribution < -0.4 is 9.80 Å². The summed E-state index contributed by atoms with van der Waals surface area (Å²) in [6.45, 7) is 12.8. The first kappa shape index (κ1) is 36.8. The fraction of sp³-hybridized carbons (Fsp3) is 0.0714. The Balaban J connectivity index is 0.972. The van der Waals surface area contributed by atoms with Crippen LogP contribution in [-0.2, 0) is 0 Å². The molecule has 0 saturated heterocycles. The van der Waals surface area contributed by atoms with Crippen LogP contribution in [0, 0.1) is 0 Å². The molecule has 2 aromatic heterocycles. The number of rotatable bonds is 10. The van der Waals surface area contributed by atoms with Crippen molar-refractivity contribution >= 4 is 72.1 Å². The van der Waals surface area contributed by atoms with Gasteiger partial charge in [0, 0.05) is 67.1 Å². The molecular weight excluding hydrogens is 729 g/mol. The average molecular weight is 775 g/mol. The highest BCUT2D eigenvalue weighted by Crippen LogP contribution is 2.41. The maximum atomic E-state index is 4.42. The van der Waals surface area contributed by atoms with E-state index in [0.717, 1.165) is 63.8 Å². The van der Waals surface area contributed by atoms with Crippen LogP contribution in [0.3, 0.4) is 0 Å². The van der Waals surface area contributed by atoms with Gasteiger partial charge in [0.1, 0.15) is 0 Å². The van der Waals surface area contributed by atoms with E-state index in [0.29, 0.717) is 0 Å². The van der Waals surface area contributed by atoms with E-state index in [-0.39, 0.29) is 0 Å². The van der Waals surface area contributed by atoms with Crippen molar-refractivity contribution in [2.75, 3.05) is 9.80 Å². The molecule has 0 atom stereocenters. The summed E-state index contributed by atoms with van der Waals surface area (Å²) in [4.78, 5) is 4.54. The average Bonchev–Trinajstić information content (AvgIpc) is 3.82. The standard InChI is InChI=1S/C56H46N4/c1-5-39(3)57(47-33-35-55-51(37-47)49-21-13-15-23-53(49)59(55)43-17-9-7-10-18-43)45-29-25-41(26-30-45)42-27-31-46(32-28-42)58(40(4)6-2)48-34-36-56-52(38-48)50-22-14-16-24-54(50)60(56)44-19-11-8-12-20-44/h5-9,11-17,19-38H,1,3,10,18H2,2,4H3/b40-6+. The highest BCUT2D eigenvalue weighted by atomic mass is 15.2. The molecule has 10 rings (SSSR count). The lowest BCUT2D eigenvalue weighted by atomic mass is 10.0. The SMILES string of the molecule is C=CC(=C)N(c1ccc(-c2ccc(N(/C(C)=C/C)c3ccc4c(c3)c3ccccc3n4-c3ccccc3)cc2)cc1)c1ccc2c(c1)c1ccccc1n2C1=CC=CCC1. The molecule has 0 fully saturated rings. The van der Waals surface area contributed by atoms with E-state index in [2.05, 4.69) is 234 Å². The highest BCUT2D eigenvalue weighted by molar-refractivity contribution is 6.12. The first-order valence-electron chi connectivity index (χ1n) is 20.8. The molecule has 0 aliphatic heterocycles. The van der Waals surface area contributed by atoms with Gasteiger partial charge in [-0.05, 0) is 135 Å². The van der Waals surface area contributed by atoms with E-state index in [1.165, 1.54) is 49.3 Å². The molecule has 9 aromatic rings. The third-order valence-corrected chi connectivity index (χ3v) is 12.0. The fourth-order valence-corrected chi connectivity index (χ4v) is 9.00. The molecule has 1 aliphatic rings. The van der Waals surface area contributed by atoms with Crippen LogP contribution >= 0.6 is 0 Å². The molecule has 4 heteroatoms. The lowest BCUT2D eigenvalue weighted by Crippen LogP contribution is -2.14. The molecule has 0 amide bonds. The largest absolute Gasteiger partial charge is 0.315 e. The number of fused-ring (bicyclic) bond motifs is 6. The van der Waals surface area contributed by atoms with E-state index < -0.39 is 0 Å². The van der Waals surface area contributed by atoms with Gasteiger partial charge in [0.25, 0.3) is 0 Å². The molecule has 0 spiro atoms. The third-order valence-electron chi connectivity index (χ3n) is 12.0. The van der Waals surface area contributed by atoms with Gasteiger partial charge in [0.2, 0.25) is 0 Å². The number of hydrogen-bond donors (Lipinski definition) is 0. The lowest BCUT2D eigenvalue weighted by Gasteiger charge is -2.27. The van der Waals surface area contributed by atoms with Crippen LogP contribution in [0.25, 0.3) is 66.1 Å². The van der Waals surface area contributed by atoms with Crippen molar-refractivity contribution in [3.05, 3.63) is 219 Å². The summed E-state index contributed by atoms with van der Waals surface area (Å²) < 4.78 is 4.79. The van der Waals surface area contributed by atoms with Gasteiger partial charge in [0.05, 0.1) is 22.1 Å². The molecule has 0 unspecified atom stereocenters. The Hall–Kier alpha value is -7.56. The van der Waals surface area contributed by atoms with Crippen molar-refractivity contribution in [3.63, 3.8) is 0 Å². The second-order valence-corrected chi connectivity index (χ2v) is 15.5. The van der Waals surface area contributed by atoms with Gasteiger partial charge in [-0.3, -0.25) is 0 Å². The van der Waals surface area contributed by atoms with Crippen molar-refractivity contribution in [1.29, 1.82) is 0 Å². The van der Waals surface area contributed by atoms with Gasteiger partial charge < -0.3 is 18.9 Å². The molecule has 0 bridgehead atoms. The first-order valence-corrected chi connectivity index (χ1v) is 20.8. The van der Waals surface area contributed by atoms with Crippen molar-refractivity contribution < 1.29 is 0 Å². The zero-order valence-corrected chi connectivity index (χ0v) is 34.1. The van der Waals surface area contributed by atoms with E-state index in [1.54, 1.807) is 0 Å². The van der Waals surface area contributed by atoms with Gasteiger partial charge in [-0.15, -0.1) is 0 Å². The number of anilines is 4. The molecule has 2 heterocycles. The van der Waals surface area contributed by atoms with Gasteiger partial charge in [-0.1, -0.05) is 110 Å². The molecule has 60 heavy (non-hydrogen) atoms. The third kappa shape index (κ3) is 6.25. The number of benzene rings is 7. The Bertz CT molecular complexity index is 3190. The fourth-order valence-electron chi connectivity index (χ4n) is 9.00. The summed E-state index contributed by atoms with van der Waals surface area (Å²) in [7, 11) is 0. The van der Waals surface area contributed by atoms with E-state index in [9.17, 15) is 0 Å². The van der Waals surface area contributed by atoms with Gasteiger partial charge in [-0.25, -0.2) is 0 Å². The zero-order chi connectivity index (χ0) is 40.7. The quantitative estimate of drug-likeness (QED) is 0.129. The van der Waals surface area contributed by atoms with Crippen LogP contribution in [0.4, 0.5) is 22.7 Å². The Kier molecular flexibility index (Phi) is 9.38. The van der Waals surface area contributed by atoms with Crippen molar-refractivity contribution in [1.82, 2.24) is 9.13 Å². The van der Waals surface area contributed by atoms with E-state index in [1.807, 2.05) is 6.08 Å². The van der Waals surface area contributed by atoms with Gasteiger partial charge >= 0.3 is 0 Å². The van der Waals surface area contributed by atoms with Gasteiger partial charge in [0.15, 0.2) is 0 Å². The number of nitrogens with zero attached hydrogens (tertiary/aromatic N) is 4. The summed E-state index contributed by atoms with van der Waals surface area (Å²) >= 11 is 0. The second-order valence-electron chi connectivity index (χ2n) is 15.5. The molecule has 7 aromatic carbocycles. The predicted molar refractivity (Wildman–Crippen MR) is 258 cm³/mol. The monoisotopic (exact) mass is 774 g/mol. The summed E-state index contributed by atoms with van der Waals surface area (Å²) in [5, 5.41) is 4.93.